The van der Waals surface area contributed by atoms with Gasteiger partial charge in [0.05, 0.1) is 5.56 Å². The van der Waals surface area contributed by atoms with E-state index in [1.807, 2.05) is 0 Å². The number of hydrogen-bond donors (Lipinski definition) is 1. The molecule has 0 saturated heterocycles. The number of hydrogen-bond acceptors (Lipinski definition) is 2. The van der Waals surface area contributed by atoms with E-state index in [1.54, 1.807) is 18.3 Å². The third-order valence-corrected chi connectivity index (χ3v) is 2.70. The topological polar surface area (TPSA) is 56.6 Å². The Morgan fingerprint density at radius 1 is 1.50 bits per heavy atom. The highest BCUT2D eigenvalue weighted by atomic mass is 79.9. The van der Waals surface area contributed by atoms with Crippen LogP contribution in [0.4, 0.5) is 0 Å². The summed E-state index contributed by atoms with van der Waals surface area (Å²) in [6.07, 6.45) is 2.42. The number of aromatic nitrogens is 1. The maximum Gasteiger partial charge on any atom is 0.152 e. The quantitative estimate of drug-likeness (QED) is 0.789. The van der Waals surface area contributed by atoms with Crippen molar-refractivity contribution in [3.8, 4) is 6.07 Å². The van der Waals surface area contributed by atoms with Gasteiger partial charge >= 0.3 is 0 Å². The standard InChI is InChI=1S/C10H5BrN2O/c11-9-2-8-7(5-14)4-13-10(8)1-6(9)3-12/h1-2,4-5,13H. The highest BCUT2D eigenvalue weighted by Crippen LogP contribution is 2.25. The van der Waals surface area contributed by atoms with Crippen LogP contribution in [0.15, 0.2) is 22.8 Å². The summed E-state index contributed by atoms with van der Waals surface area (Å²) in [5, 5.41) is 9.60. The number of benzene rings is 1. The van der Waals surface area contributed by atoms with Gasteiger partial charge < -0.3 is 4.98 Å². The first-order valence-corrected chi connectivity index (χ1v) is 4.71. The highest BCUT2D eigenvalue weighted by Gasteiger charge is 2.06. The Labute approximate surface area is 88.5 Å². The predicted molar refractivity (Wildman–Crippen MR) is 56.1 cm³/mol. The molecule has 1 aromatic carbocycles. The number of fused-ring (bicyclic) bond motifs is 1. The van der Waals surface area contributed by atoms with Crippen molar-refractivity contribution in [1.82, 2.24) is 4.98 Å². The van der Waals surface area contributed by atoms with Crippen molar-refractivity contribution >= 4 is 33.1 Å². The van der Waals surface area contributed by atoms with E-state index in [2.05, 4.69) is 27.0 Å². The van der Waals surface area contributed by atoms with Crippen LogP contribution in [0.1, 0.15) is 15.9 Å². The Morgan fingerprint density at radius 3 is 2.93 bits per heavy atom. The first-order chi connectivity index (χ1) is 6.76. The maximum atomic E-state index is 10.6. The molecule has 0 aliphatic heterocycles. The van der Waals surface area contributed by atoms with E-state index >= 15 is 0 Å². The van der Waals surface area contributed by atoms with Crippen LogP contribution in [0.2, 0.25) is 0 Å². The van der Waals surface area contributed by atoms with Crippen LogP contribution in [-0.2, 0) is 0 Å². The minimum atomic E-state index is 0.553. The number of carbonyl (C=O) groups excluding carboxylic acids is 1. The second-order valence-electron chi connectivity index (χ2n) is 2.85. The molecular weight excluding hydrogens is 244 g/mol. The van der Waals surface area contributed by atoms with Crippen LogP contribution in [-0.4, -0.2) is 11.3 Å². The Kier molecular flexibility index (Phi) is 2.10. The van der Waals surface area contributed by atoms with Gasteiger partial charge in [-0.25, -0.2) is 0 Å². The molecule has 0 radical (unpaired) electrons. The largest absolute Gasteiger partial charge is 0.360 e. The molecule has 1 aromatic heterocycles. The van der Waals surface area contributed by atoms with Crippen LogP contribution in [0, 0.1) is 11.3 Å². The van der Waals surface area contributed by atoms with Gasteiger partial charge in [0.1, 0.15) is 6.07 Å². The second-order valence-corrected chi connectivity index (χ2v) is 3.71. The highest BCUT2D eigenvalue weighted by molar-refractivity contribution is 9.10. The molecule has 1 heterocycles. The number of nitrogens with one attached hydrogen (secondary N) is 1. The first kappa shape index (κ1) is 8.97. The second kappa shape index (κ2) is 3.28. The molecule has 4 heteroatoms. The van der Waals surface area contributed by atoms with Crippen molar-refractivity contribution in [1.29, 1.82) is 5.26 Å². The van der Waals surface area contributed by atoms with Crippen LogP contribution in [0.25, 0.3) is 10.9 Å². The lowest BCUT2D eigenvalue weighted by Gasteiger charge is -1.95. The van der Waals surface area contributed by atoms with Gasteiger partial charge in [-0.1, -0.05) is 0 Å². The molecule has 2 aromatic rings. The molecule has 0 fully saturated rings. The first-order valence-electron chi connectivity index (χ1n) is 3.92. The van der Waals surface area contributed by atoms with E-state index in [-0.39, 0.29) is 0 Å². The van der Waals surface area contributed by atoms with Crippen LogP contribution >= 0.6 is 15.9 Å². The zero-order chi connectivity index (χ0) is 10.1. The molecule has 0 aliphatic rings. The third kappa shape index (κ3) is 1.22. The summed E-state index contributed by atoms with van der Waals surface area (Å²) in [5.41, 5.74) is 1.95. The number of aromatic amines is 1. The molecule has 0 amide bonds. The normalized spacial score (nSPS) is 10.0. The van der Waals surface area contributed by atoms with E-state index in [1.165, 1.54) is 0 Å². The summed E-state index contributed by atoms with van der Waals surface area (Å²) >= 11 is 3.27. The van der Waals surface area contributed by atoms with Gasteiger partial charge in [0, 0.05) is 27.1 Å². The van der Waals surface area contributed by atoms with E-state index in [0.717, 1.165) is 17.2 Å². The molecule has 68 valence electrons. The smallest absolute Gasteiger partial charge is 0.152 e. The van der Waals surface area contributed by atoms with Crippen molar-refractivity contribution < 1.29 is 4.79 Å². The number of halogens is 1. The summed E-state index contributed by atoms with van der Waals surface area (Å²) in [6.45, 7) is 0. The van der Waals surface area contributed by atoms with Gasteiger partial charge in [0.25, 0.3) is 0 Å². The summed E-state index contributed by atoms with van der Waals surface area (Å²) < 4.78 is 0.704. The molecule has 2 rings (SSSR count). The number of carbonyl (C=O) groups is 1. The van der Waals surface area contributed by atoms with E-state index in [0.29, 0.717) is 15.6 Å². The van der Waals surface area contributed by atoms with Gasteiger partial charge in [0.15, 0.2) is 6.29 Å². The lowest BCUT2D eigenvalue weighted by Crippen LogP contribution is -1.79. The molecule has 0 unspecified atom stereocenters. The lowest BCUT2D eigenvalue weighted by molar-refractivity contribution is 0.112. The maximum absolute atomic E-state index is 10.6. The zero-order valence-corrected chi connectivity index (χ0v) is 8.63. The van der Waals surface area contributed by atoms with Crippen molar-refractivity contribution in [2.24, 2.45) is 0 Å². The summed E-state index contributed by atoms with van der Waals surface area (Å²) in [4.78, 5) is 13.6. The molecule has 1 N–H and O–H groups in total. The molecule has 3 nitrogen and oxygen atoms in total. The van der Waals surface area contributed by atoms with Gasteiger partial charge in [-0.3, -0.25) is 4.79 Å². The Hall–Kier alpha value is -1.60. The predicted octanol–water partition coefficient (Wildman–Crippen LogP) is 2.61. The fourth-order valence-corrected chi connectivity index (χ4v) is 1.78. The lowest BCUT2D eigenvalue weighted by atomic mass is 10.1. The minimum Gasteiger partial charge on any atom is -0.360 e. The SMILES string of the molecule is N#Cc1cc2[nH]cc(C=O)c2cc1Br. The zero-order valence-electron chi connectivity index (χ0n) is 7.04. The fourth-order valence-electron chi connectivity index (χ4n) is 1.35. The van der Waals surface area contributed by atoms with E-state index in [9.17, 15) is 4.79 Å². The van der Waals surface area contributed by atoms with Crippen LogP contribution < -0.4 is 0 Å². The number of nitriles is 1. The van der Waals surface area contributed by atoms with Crippen LogP contribution in [0.5, 0.6) is 0 Å². The van der Waals surface area contributed by atoms with Crippen LogP contribution in [0.3, 0.4) is 0 Å². The number of aldehydes is 1. The summed E-state index contributed by atoms with van der Waals surface area (Å²) in [5.74, 6) is 0. The number of H-pyrrole nitrogens is 1. The molecule has 0 aliphatic carbocycles. The molecule has 0 saturated carbocycles. The van der Waals surface area contributed by atoms with Gasteiger partial charge in [0.2, 0.25) is 0 Å². The van der Waals surface area contributed by atoms with Crippen molar-refractivity contribution in [2.75, 3.05) is 0 Å². The van der Waals surface area contributed by atoms with E-state index < -0.39 is 0 Å². The van der Waals surface area contributed by atoms with Crippen molar-refractivity contribution in [2.45, 2.75) is 0 Å². The Bertz CT molecular complexity index is 551. The van der Waals surface area contributed by atoms with Crippen molar-refractivity contribution in [3.05, 3.63) is 33.9 Å². The fraction of sp³-hybridized carbons (Fsp3) is 0. The van der Waals surface area contributed by atoms with Crippen molar-refractivity contribution in [3.63, 3.8) is 0 Å². The molecule has 0 atom stereocenters. The Balaban J connectivity index is 2.83. The van der Waals surface area contributed by atoms with E-state index in [4.69, 9.17) is 5.26 Å². The van der Waals surface area contributed by atoms with Gasteiger partial charge in [-0.2, -0.15) is 5.26 Å². The number of rotatable bonds is 1. The van der Waals surface area contributed by atoms with Gasteiger partial charge in [-0.05, 0) is 28.1 Å². The summed E-state index contributed by atoms with van der Waals surface area (Å²) in [7, 11) is 0. The molecule has 0 bridgehead atoms. The minimum absolute atomic E-state index is 0.553. The average molecular weight is 249 g/mol. The molecule has 14 heavy (non-hydrogen) atoms. The monoisotopic (exact) mass is 248 g/mol. The Morgan fingerprint density at radius 2 is 2.29 bits per heavy atom. The average Bonchev–Trinajstić information content (AvgIpc) is 2.58. The number of nitrogens with zero attached hydrogens (tertiary/aromatic N) is 1. The third-order valence-electron chi connectivity index (χ3n) is 2.05. The molecule has 0 spiro atoms. The molecular formula is C10H5BrN2O. The summed E-state index contributed by atoms with van der Waals surface area (Å²) in [6, 6.07) is 5.55. The van der Waals surface area contributed by atoms with Gasteiger partial charge in [-0.15, -0.1) is 0 Å².